The van der Waals surface area contributed by atoms with Crippen LogP contribution < -0.4 is 26.0 Å². The molecule has 0 spiro atoms. The Labute approximate surface area is 353 Å². The van der Waals surface area contributed by atoms with Crippen molar-refractivity contribution in [3.8, 4) is 5.75 Å². The topological polar surface area (TPSA) is 189 Å². The van der Waals surface area contributed by atoms with E-state index in [9.17, 15) is 28.8 Å². The highest BCUT2D eigenvalue weighted by Gasteiger charge is 2.47. The molecule has 1 aliphatic heterocycles. The summed E-state index contributed by atoms with van der Waals surface area (Å²) in [4.78, 5) is 92.7. The van der Waals surface area contributed by atoms with Crippen LogP contribution >= 0.6 is 0 Å². The summed E-state index contributed by atoms with van der Waals surface area (Å²) in [7, 11) is 0. The zero-order valence-corrected chi connectivity index (χ0v) is 35.6. The van der Waals surface area contributed by atoms with E-state index in [1.54, 1.807) is 12.1 Å². The molecule has 1 aromatic heterocycles. The van der Waals surface area contributed by atoms with Crippen molar-refractivity contribution in [3.63, 3.8) is 0 Å². The lowest BCUT2D eigenvalue weighted by molar-refractivity contribution is -0.145. The van der Waals surface area contributed by atoms with Crippen molar-refractivity contribution in [3.05, 3.63) is 85.0 Å². The Morgan fingerprint density at radius 2 is 1.75 bits per heavy atom. The molecule has 2 aromatic rings. The highest BCUT2D eigenvalue weighted by atomic mass is 16.5. The van der Waals surface area contributed by atoms with Gasteiger partial charge in [0.15, 0.2) is 0 Å². The molecule has 5 rings (SSSR count). The first-order valence-corrected chi connectivity index (χ1v) is 21.3. The molecule has 5 atom stereocenters. The Morgan fingerprint density at radius 3 is 2.38 bits per heavy atom. The Kier molecular flexibility index (Phi) is 15.9. The molecule has 3 aliphatic rings. The molecule has 60 heavy (non-hydrogen) atoms. The number of carbonyl (C=O) groups excluding carboxylic acids is 6. The first-order valence-electron chi connectivity index (χ1n) is 21.3. The van der Waals surface area contributed by atoms with Crippen LogP contribution in [0, 0.1) is 11.3 Å². The highest BCUT2D eigenvalue weighted by molar-refractivity contribution is 6.38. The Hall–Kier alpha value is -5.66. The largest absolute Gasteiger partial charge is 0.488 e. The number of benzene rings is 1. The number of Topliss-reactive ketones (excluding diaryl/α,β-unsaturated/α-hetero) is 1. The molecule has 1 saturated heterocycles. The molecule has 14 heteroatoms. The van der Waals surface area contributed by atoms with Gasteiger partial charge in [-0.3, -0.25) is 33.8 Å². The normalized spacial score (nSPS) is 20.1. The van der Waals surface area contributed by atoms with E-state index in [0.717, 1.165) is 56.1 Å². The van der Waals surface area contributed by atoms with Crippen molar-refractivity contribution in [1.82, 2.24) is 36.1 Å². The number of ketones is 1. The van der Waals surface area contributed by atoms with E-state index >= 15 is 0 Å². The van der Waals surface area contributed by atoms with Gasteiger partial charge in [-0.25, -0.2) is 4.98 Å². The molecule has 14 nitrogen and oxygen atoms in total. The monoisotopic (exact) mass is 823 g/mol. The highest BCUT2D eigenvalue weighted by Crippen LogP contribution is 2.31. The van der Waals surface area contributed by atoms with E-state index in [0.29, 0.717) is 12.2 Å². The van der Waals surface area contributed by atoms with Crippen LogP contribution in [0.25, 0.3) is 5.57 Å². The smallest absolute Gasteiger partial charge is 0.289 e. The van der Waals surface area contributed by atoms with Gasteiger partial charge in [0.25, 0.3) is 11.8 Å². The lowest BCUT2D eigenvalue weighted by Gasteiger charge is -2.37. The van der Waals surface area contributed by atoms with E-state index in [-0.39, 0.29) is 37.0 Å². The van der Waals surface area contributed by atoms with Gasteiger partial charge < -0.3 is 30.9 Å². The van der Waals surface area contributed by atoms with Crippen molar-refractivity contribution in [1.29, 1.82) is 0 Å². The number of aromatic nitrogens is 2. The minimum Gasteiger partial charge on any atom is -0.488 e. The lowest BCUT2D eigenvalue weighted by Crippen LogP contribution is -2.62. The number of nitrogens with one attached hydrogen (secondary N) is 4. The maximum atomic E-state index is 15.0. The van der Waals surface area contributed by atoms with Gasteiger partial charge in [-0.2, -0.15) is 0 Å². The van der Waals surface area contributed by atoms with Crippen LogP contribution in [0.4, 0.5) is 0 Å². The van der Waals surface area contributed by atoms with Gasteiger partial charge >= 0.3 is 0 Å². The van der Waals surface area contributed by atoms with Crippen molar-refractivity contribution in [2.24, 2.45) is 11.3 Å². The number of ether oxygens (including phenoxy) is 1. The molecule has 2 heterocycles. The van der Waals surface area contributed by atoms with Gasteiger partial charge in [0.1, 0.15) is 35.7 Å². The second-order valence-electron chi connectivity index (χ2n) is 17.1. The average Bonchev–Trinajstić information content (AvgIpc) is 3.96. The van der Waals surface area contributed by atoms with Gasteiger partial charge in [-0.05, 0) is 73.6 Å². The van der Waals surface area contributed by atoms with Crippen molar-refractivity contribution < 1.29 is 33.5 Å². The van der Waals surface area contributed by atoms with Gasteiger partial charge in [0, 0.05) is 24.9 Å². The Morgan fingerprint density at radius 1 is 1.00 bits per heavy atom. The van der Waals surface area contributed by atoms with Crippen LogP contribution in [0.1, 0.15) is 115 Å². The van der Waals surface area contributed by atoms with Crippen molar-refractivity contribution >= 4 is 40.9 Å². The fraction of sp³-hybridized carbons (Fsp3) is 0.522. The number of hydrogen-bond acceptors (Lipinski definition) is 9. The first kappa shape index (κ1) is 45.4. The number of carbonyl (C=O) groups is 6. The number of amides is 5. The number of hydrogen-bond donors (Lipinski definition) is 4. The van der Waals surface area contributed by atoms with E-state index < -0.39 is 71.0 Å². The third-order valence-corrected chi connectivity index (χ3v) is 11.2. The molecule has 0 unspecified atom stereocenters. The summed E-state index contributed by atoms with van der Waals surface area (Å²) < 4.78 is 6.48. The first-order chi connectivity index (χ1) is 28.7. The molecule has 3 fully saturated rings. The molecule has 2 aliphatic carbocycles. The molecule has 2 saturated carbocycles. The van der Waals surface area contributed by atoms with Gasteiger partial charge in [0.05, 0.1) is 18.8 Å². The summed E-state index contributed by atoms with van der Waals surface area (Å²) in [5.41, 5.74) is 0.950. The van der Waals surface area contributed by atoms with Crippen LogP contribution in [0.15, 0.2) is 73.7 Å². The number of allylic oxidation sites excluding steroid dienone is 5. The predicted octanol–water partition coefficient (Wildman–Crippen LogP) is 5.01. The van der Waals surface area contributed by atoms with Crippen LogP contribution in [0.2, 0.25) is 0 Å². The summed E-state index contributed by atoms with van der Waals surface area (Å²) in [5.74, 6) is -3.33. The Balaban J connectivity index is 1.43. The second kappa shape index (κ2) is 21.0. The van der Waals surface area contributed by atoms with Gasteiger partial charge in [-0.15, -0.1) is 0 Å². The average molecular weight is 824 g/mol. The zero-order valence-electron chi connectivity index (χ0n) is 35.6. The fourth-order valence-corrected chi connectivity index (χ4v) is 7.81. The molecular formula is C46H61N7O7. The molecule has 0 bridgehead atoms. The summed E-state index contributed by atoms with van der Waals surface area (Å²) in [5, 5.41) is 11.4. The quantitative estimate of drug-likeness (QED) is 0.118. The third kappa shape index (κ3) is 12.2. The molecule has 1 aromatic carbocycles. The number of likely N-dealkylation sites (tertiary alicyclic amines) is 1. The maximum absolute atomic E-state index is 15.0. The number of rotatable bonds is 18. The second-order valence-corrected chi connectivity index (χ2v) is 17.1. The molecule has 5 amide bonds. The maximum Gasteiger partial charge on any atom is 0.289 e. The van der Waals surface area contributed by atoms with Crippen molar-refractivity contribution in [2.75, 3.05) is 6.54 Å². The summed E-state index contributed by atoms with van der Waals surface area (Å²) >= 11 is 0. The van der Waals surface area contributed by atoms with Gasteiger partial charge in [-0.1, -0.05) is 96.4 Å². The molecule has 4 N–H and O–H groups in total. The van der Waals surface area contributed by atoms with Crippen LogP contribution in [-0.4, -0.2) is 93.0 Å². The predicted molar refractivity (Wildman–Crippen MR) is 228 cm³/mol. The molecule has 322 valence electrons. The van der Waals surface area contributed by atoms with E-state index in [4.69, 9.17) is 4.74 Å². The van der Waals surface area contributed by atoms with E-state index in [1.165, 1.54) is 23.5 Å². The SMILES string of the molecule is C=C/C(=C\C=C/C)c1cccc(O[C@@H]2C[C@@H](C(=O)N[C@@H](CCC)C(=O)C(=O)NC3CC3)N(C(=O)[C@@H](NC(=O)[C@@H](NC(=O)c3cnccn3)C3CCCCC3)C(C)(C)C)C2)c1. The Bertz CT molecular complexity index is 1930. The minimum atomic E-state index is -1.13. The molecule has 0 radical (unpaired) electrons. The van der Waals surface area contributed by atoms with E-state index in [1.807, 2.05) is 71.0 Å². The standard InChI is InChI=1S/C46H61N7O7/c1-7-10-16-29(9-3)31-19-14-20-33(25-31)60-34-26-37(42(56)50-35(15-8-2)39(54)44(58)49-32-21-22-32)53(28-34)45(59)40(46(4,5)6)52-43(57)38(30-17-12-11-13-18-30)51-41(55)36-27-47-23-24-48-36/h7,9-10,14,16,19-20,23-25,27,30,32,34-35,37-38,40H,3,8,11-13,15,17-18,21-22,26,28H2,1-2,4-6H3,(H,49,58)(H,50,56)(H,51,55)(H,52,57)/b10-7-,29-16+/t34-,35+,37+,38+,40-/m1/s1. The fourth-order valence-electron chi connectivity index (χ4n) is 7.81. The van der Waals surface area contributed by atoms with Crippen molar-refractivity contribution in [2.45, 2.75) is 135 Å². The summed E-state index contributed by atoms with van der Waals surface area (Å²) in [6.07, 6.45) is 17.7. The van der Waals surface area contributed by atoms with Crippen LogP contribution in [0.5, 0.6) is 5.75 Å². The van der Waals surface area contributed by atoms with Crippen LogP contribution in [-0.2, 0) is 24.0 Å². The summed E-state index contributed by atoms with van der Waals surface area (Å²) in [6.45, 7) is 13.2. The third-order valence-electron chi connectivity index (χ3n) is 11.2. The minimum absolute atomic E-state index is 0.00362. The van der Waals surface area contributed by atoms with Crippen LogP contribution in [0.3, 0.4) is 0 Å². The zero-order chi connectivity index (χ0) is 43.4. The lowest BCUT2D eigenvalue weighted by atomic mass is 9.82. The number of nitrogens with zero attached hydrogens (tertiary/aromatic N) is 3. The van der Waals surface area contributed by atoms with Gasteiger partial charge in [0.2, 0.25) is 23.5 Å². The molecular weight excluding hydrogens is 763 g/mol. The van der Waals surface area contributed by atoms with E-state index in [2.05, 4.69) is 37.8 Å². The summed E-state index contributed by atoms with van der Waals surface area (Å²) in [6, 6.07) is 3.12.